The third-order valence-electron chi connectivity index (χ3n) is 3.60. The fraction of sp³-hybridized carbons (Fsp3) is 0.467. The van der Waals surface area contributed by atoms with Gasteiger partial charge in [0.15, 0.2) is 11.9 Å². The minimum atomic E-state index is -0.504. The molecule has 4 nitrogen and oxygen atoms in total. The molecule has 1 amide bonds. The Morgan fingerprint density at radius 3 is 2.89 bits per heavy atom. The van der Waals surface area contributed by atoms with E-state index in [1.54, 1.807) is 19.1 Å². The zero-order chi connectivity index (χ0) is 13.4. The van der Waals surface area contributed by atoms with E-state index < -0.39 is 6.10 Å². The van der Waals surface area contributed by atoms with E-state index in [0.29, 0.717) is 18.2 Å². The minimum Gasteiger partial charge on any atom is -0.481 e. The summed E-state index contributed by atoms with van der Waals surface area (Å²) in [6, 6.07) is 5.78. The summed E-state index contributed by atoms with van der Waals surface area (Å²) in [5.74, 6) is 0.784. The number of amides is 1. The topological polar surface area (TPSA) is 55.4 Å². The molecular formula is C15H17NO3. The number of nitrogens with one attached hydrogen (secondary N) is 1. The number of carbonyl (C=O) groups excluding carboxylic acids is 2. The molecule has 0 aromatic heterocycles. The molecule has 2 aliphatic carbocycles. The lowest BCUT2D eigenvalue weighted by molar-refractivity contribution is -0.127. The van der Waals surface area contributed by atoms with Crippen LogP contribution < -0.4 is 10.1 Å². The van der Waals surface area contributed by atoms with Crippen molar-refractivity contribution in [1.82, 2.24) is 5.32 Å². The summed E-state index contributed by atoms with van der Waals surface area (Å²) in [7, 11) is 0. The van der Waals surface area contributed by atoms with Gasteiger partial charge in [0, 0.05) is 18.0 Å². The van der Waals surface area contributed by atoms with E-state index in [1.165, 1.54) is 0 Å². The third kappa shape index (κ3) is 2.62. The number of Topliss-reactive ketones (excluding diaryl/α,β-unsaturated/α-hetero) is 1. The van der Waals surface area contributed by atoms with Crippen molar-refractivity contribution in [2.24, 2.45) is 0 Å². The summed E-state index contributed by atoms with van der Waals surface area (Å²) >= 11 is 0. The highest BCUT2D eigenvalue weighted by Gasteiger charge is 2.26. The Hall–Kier alpha value is -1.84. The second-order valence-corrected chi connectivity index (χ2v) is 5.29. The number of fused-ring (bicyclic) bond motifs is 1. The lowest BCUT2D eigenvalue weighted by Crippen LogP contribution is -2.37. The first-order valence-corrected chi connectivity index (χ1v) is 6.76. The van der Waals surface area contributed by atoms with Gasteiger partial charge in [-0.15, -0.1) is 0 Å². The average Bonchev–Trinajstić information content (AvgIpc) is 3.13. The van der Waals surface area contributed by atoms with Crippen LogP contribution in [0.15, 0.2) is 18.2 Å². The molecule has 0 heterocycles. The lowest BCUT2D eigenvalue weighted by atomic mass is 10.1. The summed E-state index contributed by atoms with van der Waals surface area (Å²) in [6.07, 6.45) is 2.99. The second-order valence-electron chi connectivity index (χ2n) is 5.29. The van der Waals surface area contributed by atoms with Crippen molar-refractivity contribution in [2.75, 3.05) is 0 Å². The van der Waals surface area contributed by atoms with Gasteiger partial charge in [-0.05, 0) is 49.9 Å². The molecule has 1 unspecified atom stereocenters. The van der Waals surface area contributed by atoms with Crippen molar-refractivity contribution in [2.45, 2.75) is 44.8 Å². The molecule has 0 saturated heterocycles. The summed E-state index contributed by atoms with van der Waals surface area (Å²) in [5, 5.41) is 2.92. The van der Waals surface area contributed by atoms with Crippen LogP contribution in [-0.2, 0) is 11.2 Å². The van der Waals surface area contributed by atoms with Crippen LogP contribution in [0.2, 0.25) is 0 Å². The number of benzene rings is 1. The molecule has 4 heteroatoms. The van der Waals surface area contributed by atoms with Crippen LogP contribution in [0, 0.1) is 0 Å². The Morgan fingerprint density at radius 1 is 1.37 bits per heavy atom. The standard InChI is InChI=1S/C15H17NO3/c1-9(15(18)16-11-3-4-11)19-12-5-6-13-10(8-12)2-7-14(13)17/h5-6,8-9,11H,2-4,7H2,1H3,(H,16,18). The number of hydrogen-bond donors (Lipinski definition) is 1. The van der Waals surface area contributed by atoms with E-state index in [0.717, 1.165) is 30.4 Å². The first-order chi connectivity index (χ1) is 9.13. The summed E-state index contributed by atoms with van der Waals surface area (Å²) in [5.41, 5.74) is 1.82. The smallest absolute Gasteiger partial charge is 0.260 e. The van der Waals surface area contributed by atoms with Gasteiger partial charge in [0.1, 0.15) is 5.75 Å². The molecule has 1 aromatic rings. The first-order valence-electron chi connectivity index (χ1n) is 6.76. The lowest BCUT2D eigenvalue weighted by Gasteiger charge is -2.15. The number of hydrogen-bond acceptors (Lipinski definition) is 3. The molecule has 2 aliphatic rings. The Kier molecular flexibility index (Phi) is 3.01. The number of ketones is 1. The maximum Gasteiger partial charge on any atom is 0.260 e. The molecule has 1 fully saturated rings. The normalized spacial score (nSPS) is 18.9. The second kappa shape index (κ2) is 4.68. The van der Waals surface area contributed by atoms with E-state index in [2.05, 4.69) is 5.32 Å². The highest BCUT2D eigenvalue weighted by Crippen LogP contribution is 2.26. The fourth-order valence-electron chi connectivity index (χ4n) is 2.31. The van der Waals surface area contributed by atoms with E-state index in [4.69, 9.17) is 4.74 Å². The third-order valence-corrected chi connectivity index (χ3v) is 3.60. The van der Waals surface area contributed by atoms with Crippen LogP contribution in [0.5, 0.6) is 5.75 Å². The van der Waals surface area contributed by atoms with Gasteiger partial charge in [0.2, 0.25) is 0 Å². The van der Waals surface area contributed by atoms with E-state index in [1.807, 2.05) is 6.07 Å². The zero-order valence-electron chi connectivity index (χ0n) is 10.9. The first kappa shape index (κ1) is 12.2. The molecule has 0 aliphatic heterocycles. The Balaban J connectivity index is 1.66. The van der Waals surface area contributed by atoms with Gasteiger partial charge in [-0.2, -0.15) is 0 Å². The van der Waals surface area contributed by atoms with Gasteiger partial charge in [-0.3, -0.25) is 9.59 Å². The van der Waals surface area contributed by atoms with Gasteiger partial charge in [-0.25, -0.2) is 0 Å². The Labute approximate surface area is 112 Å². The fourth-order valence-corrected chi connectivity index (χ4v) is 2.31. The van der Waals surface area contributed by atoms with Crippen molar-refractivity contribution < 1.29 is 14.3 Å². The SMILES string of the molecule is CC(Oc1ccc2c(c1)CCC2=O)C(=O)NC1CC1. The molecule has 100 valence electrons. The van der Waals surface area contributed by atoms with Crippen LogP contribution in [-0.4, -0.2) is 23.8 Å². The maximum absolute atomic E-state index is 11.8. The molecule has 0 bridgehead atoms. The quantitative estimate of drug-likeness (QED) is 0.898. The summed E-state index contributed by atoms with van der Waals surface area (Å²) in [4.78, 5) is 23.3. The Morgan fingerprint density at radius 2 is 2.16 bits per heavy atom. The zero-order valence-corrected chi connectivity index (χ0v) is 10.9. The van der Waals surface area contributed by atoms with Crippen LogP contribution in [0.25, 0.3) is 0 Å². The molecule has 19 heavy (non-hydrogen) atoms. The molecule has 0 radical (unpaired) electrons. The molecular weight excluding hydrogens is 242 g/mol. The predicted molar refractivity (Wildman–Crippen MR) is 70.3 cm³/mol. The van der Waals surface area contributed by atoms with E-state index in [9.17, 15) is 9.59 Å². The number of ether oxygens (including phenoxy) is 1. The van der Waals surface area contributed by atoms with Crippen molar-refractivity contribution in [3.63, 3.8) is 0 Å². The number of carbonyl (C=O) groups is 2. The number of aryl methyl sites for hydroxylation is 1. The van der Waals surface area contributed by atoms with Crippen molar-refractivity contribution >= 4 is 11.7 Å². The number of rotatable bonds is 4. The summed E-state index contributed by atoms with van der Waals surface area (Å²) < 4.78 is 5.64. The van der Waals surface area contributed by atoms with E-state index >= 15 is 0 Å². The van der Waals surface area contributed by atoms with Gasteiger partial charge in [0.05, 0.1) is 0 Å². The van der Waals surface area contributed by atoms with Crippen LogP contribution >= 0.6 is 0 Å². The van der Waals surface area contributed by atoms with Crippen molar-refractivity contribution in [3.05, 3.63) is 29.3 Å². The van der Waals surface area contributed by atoms with Crippen LogP contribution in [0.4, 0.5) is 0 Å². The van der Waals surface area contributed by atoms with Gasteiger partial charge < -0.3 is 10.1 Å². The van der Waals surface area contributed by atoms with Gasteiger partial charge >= 0.3 is 0 Å². The summed E-state index contributed by atoms with van der Waals surface area (Å²) in [6.45, 7) is 1.75. The Bertz CT molecular complexity index is 534. The van der Waals surface area contributed by atoms with Crippen molar-refractivity contribution in [1.29, 1.82) is 0 Å². The van der Waals surface area contributed by atoms with Crippen molar-refractivity contribution in [3.8, 4) is 5.75 Å². The monoisotopic (exact) mass is 259 g/mol. The highest BCUT2D eigenvalue weighted by molar-refractivity contribution is 6.00. The average molecular weight is 259 g/mol. The van der Waals surface area contributed by atoms with E-state index in [-0.39, 0.29) is 11.7 Å². The molecule has 1 saturated carbocycles. The van der Waals surface area contributed by atoms with Gasteiger partial charge in [0.25, 0.3) is 5.91 Å². The molecule has 1 N–H and O–H groups in total. The van der Waals surface area contributed by atoms with Gasteiger partial charge in [-0.1, -0.05) is 0 Å². The molecule has 0 spiro atoms. The highest BCUT2D eigenvalue weighted by atomic mass is 16.5. The van der Waals surface area contributed by atoms with Crippen LogP contribution in [0.3, 0.4) is 0 Å². The molecule has 1 aromatic carbocycles. The van der Waals surface area contributed by atoms with Crippen LogP contribution in [0.1, 0.15) is 42.1 Å². The minimum absolute atomic E-state index is 0.0703. The predicted octanol–water partition coefficient (Wildman–Crippen LogP) is 1.86. The molecule has 1 atom stereocenters. The maximum atomic E-state index is 11.8. The largest absolute Gasteiger partial charge is 0.481 e. The molecule has 3 rings (SSSR count).